The lowest BCUT2D eigenvalue weighted by molar-refractivity contribution is -0.143. The van der Waals surface area contributed by atoms with Crippen molar-refractivity contribution in [3.63, 3.8) is 0 Å². The fourth-order valence-corrected chi connectivity index (χ4v) is 2.31. The molecule has 0 bridgehead atoms. The number of hydrogen-bond donors (Lipinski definition) is 1. The van der Waals surface area contributed by atoms with Crippen molar-refractivity contribution in [3.05, 3.63) is 12.0 Å². The molecule has 6 nitrogen and oxygen atoms in total. The molecule has 0 radical (unpaired) electrons. The minimum atomic E-state index is -0.456. The lowest BCUT2D eigenvalue weighted by Gasteiger charge is -2.13. The van der Waals surface area contributed by atoms with Gasteiger partial charge in [0, 0.05) is 0 Å². The summed E-state index contributed by atoms with van der Waals surface area (Å²) in [5, 5.41) is 3.90. The Labute approximate surface area is 109 Å². The topological polar surface area (TPSA) is 77.0 Å². The number of nitrogens with one attached hydrogen (secondary N) is 1. The maximum absolute atomic E-state index is 11.6. The zero-order chi connectivity index (χ0) is 13.1. The number of carbonyl (C=O) groups excluding carboxylic acids is 1. The SMILES string of the molecule is CCOC(=O)C(C)Nc1ncnc2snc(C)c12. The molecular weight excluding hydrogens is 252 g/mol. The number of aromatic nitrogens is 3. The predicted molar refractivity (Wildman–Crippen MR) is 69.7 cm³/mol. The molecule has 1 unspecified atom stereocenters. The fraction of sp³-hybridized carbons (Fsp3) is 0.455. The Balaban J connectivity index is 2.26. The van der Waals surface area contributed by atoms with Crippen molar-refractivity contribution in [1.82, 2.24) is 14.3 Å². The number of aryl methyl sites for hydroxylation is 1. The Bertz CT molecular complexity index is 569. The van der Waals surface area contributed by atoms with Crippen molar-refractivity contribution in [3.8, 4) is 0 Å². The minimum absolute atomic E-state index is 0.301. The molecule has 2 heterocycles. The van der Waals surface area contributed by atoms with E-state index in [1.807, 2.05) is 6.92 Å². The molecule has 7 heteroatoms. The molecule has 0 spiro atoms. The molecule has 0 aliphatic heterocycles. The highest BCUT2D eigenvalue weighted by atomic mass is 32.1. The van der Waals surface area contributed by atoms with Gasteiger partial charge in [0.15, 0.2) is 0 Å². The van der Waals surface area contributed by atoms with E-state index >= 15 is 0 Å². The van der Waals surface area contributed by atoms with Crippen LogP contribution >= 0.6 is 11.5 Å². The van der Waals surface area contributed by atoms with E-state index in [0.717, 1.165) is 15.9 Å². The molecule has 1 atom stereocenters. The van der Waals surface area contributed by atoms with E-state index in [2.05, 4.69) is 19.7 Å². The van der Waals surface area contributed by atoms with E-state index in [1.54, 1.807) is 13.8 Å². The Kier molecular flexibility index (Phi) is 3.71. The molecule has 0 aliphatic rings. The number of hydrogen-bond acceptors (Lipinski definition) is 7. The number of esters is 1. The van der Waals surface area contributed by atoms with Crippen LogP contribution < -0.4 is 5.32 Å². The molecular formula is C11H14N4O2S. The van der Waals surface area contributed by atoms with Gasteiger partial charge < -0.3 is 10.1 Å². The van der Waals surface area contributed by atoms with Crippen LogP contribution in [0.5, 0.6) is 0 Å². The number of carbonyl (C=O) groups is 1. The van der Waals surface area contributed by atoms with E-state index in [4.69, 9.17) is 4.74 Å². The molecule has 2 aromatic rings. The van der Waals surface area contributed by atoms with Gasteiger partial charge in [-0.3, -0.25) is 0 Å². The summed E-state index contributed by atoms with van der Waals surface area (Å²) in [5.74, 6) is 0.317. The summed E-state index contributed by atoms with van der Waals surface area (Å²) in [6.45, 7) is 5.77. The molecule has 0 saturated carbocycles. The lowest BCUT2D eigenvalue weighted by Crippen LogP contribution is -2.28. The van der Waals surface area contributed by atoms with Gasteiger partial charge in [0.2, 0.25) is 0 Å². The van der Waals surface area contributed by atoms with Gasteiger partial charge in [-0.15, -0.1) is 0 Å². The van der Waals surface area contributed by atoms with Crippen LogP contribution in [-0.2, 0) is 9.53 Å². The first kappa shape index (κ1) is 12.7. The molecule has 96 valence electrons. The second-order valence-electron chi connectivity index (χ2n) is 3.79. The van der Waals surface area contributed by atoms with E-state index in [1.165, 1.54) is 17.9 Å². The van der Waals surface area contributed by atoms with E-state index in [-0.39, 0.29) is 5.97 Å². The van der Waals surface area contributed by atoms with Crippen molar-refractivity contribution in [1.29, 1.82) is 0 Å². The molecule has 1 N–H and O–H groups in total. The lowest BCUT2D eigenvalue weighted by atomic mass is 10.2. The van der Waals surface area contributed by atoms with Gasteiger partial charge in [-0.05, 0) is 32.3 Å². The number of anilines is 1. The first-order valence-electron chi connectivity index (χ1n) is 5.63. The minimum Gasteiger partial charge on any atom is -0.464 e. The van der Waals surface area contributed by atoms with Crippen LogP contribution in [0.3, 0.4) is 0 Å². The normalized spacial score (nSPS) is 12.4. The van der Waals surface area contributed by atoms with Gasteiger partial charge in [0.25, 0.3) is 0 Å². The number of ether oxygens (including phenoxy) is 1. The summed E-state index contributed by atoms with van der Waals surface area (Å²) in [6, 6.07) is -0.456. The van der Waals surface area contributed by atoms with Crippen LogP contribution in [0.15, 0.2) is 6.33 Å². The third-order valence-corrected chi connectivity index (χ3v) is 3.28. The van der Waals surface area contributed by atoms with Gasteiger partial charge >= 0.3 is 5.97 Å². The van der Waals surface area contributed by atoms with Crippen LogP contribution in [0.2, 0.25) is 0 Å². The summed E-state index contributed by atoms with van der Waals surface area (Å²) in [5.41, 5.74) is 0.856. The predicted octanol–water partition coefficient (Wildman–Crippen LogP) is 1.76. The zero-order valence-electron chi connectivity index (χ0n) is 10.4. The van der Waals surface area contributed by atoms with Crippen molar-refractivity contribution in [2.45, 2.75) is 26.8 Å². The van der Waals surface area contributed by atoms with Crippen LogP contribution in [0.1, 0.15) is 19.5 Å². The van der Waals surface area contributed by atoms with Crippen molar-refractivity contribution < 1.29 is 9.53 Å². The summed E-state index contributed by atoms with van der Waals surface area (Å²) < 4.78 is 9.17. The molecule has 2 rings (SSSR count). The van der Waals surface area contributed by atoms with Gasteiger partial charge in [0.1, 0.15) is 23.0 Å². The number of rotatable bonds is 4. The molecule has 0 aromatic carbocycles. The van der Waals surface area contributed by atoms with Crippen LogP contribution in [0.4, 0.5) is 5.82 Å². The summed E-state index contributed by atoms with van der Waals surface area (Å²) in [4.78, 5) is 20.7. The molecule has 0 saturated heterocycles. The molecule has 0 amide bonds. The quantitative estimate of drug-likeness (QED) is 0.850. The Morgan fingerprint density at radius 2 is 2.33 bits per heavy atom. The maximum Gasteiger partial charge on any atom is 0.328 e. The molecule has 2 aromatic heterocycles. The largest absolute Gasteiger partial charge is 0.464 e. The third-order valence-electron chi connectivity index (χ3n) is 2.44. The first-order valence-corrected chi connectivity index (χ1v) is 6.41. The number of fused-ring (bicyclic) bond motifs is 1. The average molecular weight is 266 g/mol. The van der Waals surface area contributed by atoms with E-state index in [0.29, 0.717) is 12.4 Å². The average Bonchev–Trinajstić information content (AvgIpc) is 2.72. The Morgan fingerprint density at radius 1 is 1.56 bits per heavy atom. The highest BCUT2D eigenvalue weighted by molar-refractivity contribution is 7.13. The highest BCUT2D eigenvalue weighted by Crippen LogP contribution is 2.26. The smallest absolute Gasteiger partial charge is 0.328 e. The summed E-state index contributed by atoms with van der Waals surface area (Å²) in [7, 11) is 0. The first-order chi connectivity index (χ1) is 8.63. The van der Waals surface area contributed by atoms with E-state index < -0.39 is 6.04 Å². The van der Waals surface area contributed by atoms with Gasteiger partial charge in [0.05, 0.1) is 17.7 Å². The standard InChI is InChI=1S/C11H14N4O2S/c1-4-17-11(16)7(3)14-9-8-6(2)15-18-10(8)13-5-12-9/h5,7H,4H2,1-3H3,(H,12,13,14). The Morgan fingerprint density at radius 3 is 3.06 bits per heavy atom. The van der Waals surface area contributed by atoms with Gasteiger partial charge in [-0.25, -0.2) is 14.8 Å². The van der Waals surface area contributed by atoms with Crippen molar-refractivity contribution in [2.75, 3.05) is 11.9 Å². The second-order valence-corrected chi connectivity index (χ2v) is 4.54. The van der Waals surface area contributed by atoms with Gasteiger partial charge in [-0.2, -0.15) is 4.37 Å². The summed E-state index contributed by atoms with van der Waals surface area (Å²) in [6.07, 6.45) is 1.46. The Hall–Kier alpha value is -1.76. The van der Waals surface area contributed by atoms with Crippen molar-refractivity contribution >= 4 is 33.5 Å². The van der Waals surface area contributed by atoms with Crippen LogP contribution in [-0.4, -0.2) is 33.0 Å². The molecule has 0 aliphatic carbocycles. The zero-order valence-corrected chi connectivity index (χ0v) is 11.2. The molecule has 18 heavy (non-hydrogen) atoms. The highest BCUT2D eigenvalue weighted by Gasteiger charge is 2.17. The summed E-state index contributed by atoms with van der Waals surface area (Å²) >= 11 is 1.32. The van der Waals surface area contributed by atoms with Crippen LogP contribution in [0.25, 0.3) is 10.2 Å². The monoisotopic (exact) mass is 266 g/mol. The van der Waals surface area contributed by atoms with Gasteiger partial charge in [-0.1, -0.05) is 0 Å². The fourth-order valence-electron chi connectivity index (χ4n) is 1.56. The molecule has 0 fully saturated rings. The third kappa shape index (κ3) is 2.40. The van der Waals surface area contributed by atoms with Crippen molar-refractivity contribution in [2.24, 2.45) is 0 Å². The number of nitrogens with zero attached hydrogens (tertiary/aromatic N) is 3. The van der Waals surface area contributed by atoms with E-state index in [9.17, 15) is 4.79 Å². The van der Waals surface area contributed by atoms with Crippen LogP contribution in [0, 0.1) is 6.92 Å². The maximum atomic E-state index is 11.6. The second kappa shape index (κ2) is 5.26.